The zero-order valence-electron chi connectivity index (χ0n) is 22.5. The fourth-order valence-electron chi connectivity index (χ4n) is 4.55. The fourth-order valence-corrected chi connectivity index (χ4v) is 5.44. The molecule has 0 aliphatic carbocycles. The predicted molar refractivity (Wildman–Crippen MR) is 148 cm³/mol. The van der Waals surface area contributed by atoms with Gasteiger partial charge < -0.3 is 34.6 Å². The molecule has 1 fully saturated rings. The van der Waals surface area contributed by atoms with E-state index in [0.29, 0.717) is 35.8 Å². The standard InChI is InChI=1S/C28H31N5O6S/c1-32(2)14-26-30-21(16-40-26)28(36)33-12-20-24(13-33)39-19-7-4-17(5-8-19)11-29-25(34)15-38-23-10-18(27(35)31-20)6-9-22(23)37-3/h4-10,16,20,24H,11-15H2,1-3H3,(H,29,34)(H,31,35)/t20-,24-/m0/s1. The Kier molecular flexibility index (Phi) is 8.17. The average Bonchev–Trinajstić information content (AvgIpc) is 3.57. The van der Waals surface area contributed by atoms with Gasteiger partial charge in [0.1, 0.15) is 22.6 Å². The van der Waals surface area contributed by atoms with Crippen LogP contribution in [-0.4, -0.2) is 85.6 Å². The number of amides is 3. The average molecular weight is 566 g/mol. The van der Waals surface area contributed by atoms with E-state index < -0.39 is 12.1 Å². The first-order valence-electron chi connectivity index (χ1n) is 12.8. The van der Waals surface area contributed by atoms with Crippen LogP contribution in [0.3, 0.4) is 0 Å². The SMILES string of the molecule is COc1ccc2cc1OCC(=O)NCc1ccc(cc1)O[C@H]1CN(C(=O)c3csc(CN(C)C)n3)C[C@@H]1NC2=O. The van der Waals surface area contributed by atoms with E-state index >= 15 is 0 Å². The number of rotatable bonds is 4. The van der Waals surface area contributed by atoms with Gasteiger partial charge in [-0.3, -0.25) is 14.4 Å². The Hall–Kier alpha value is -4.16. The van der Waals surface area contributed by atoms with Crippen molar-refractivity contribution in [1.29, 1.82) is 0 Å². The number of methoxy groups -OCH3 is 1. The summed E-state index contributed by atoms with van der Waals surface area (Å²) in [6, 6.07) is 11.6. The van der Waals surface area contributed by atoms with Crippen LogP contribution >= 0.6 is 11.3 Å². The van der Waals surface area contributed by atoms with E-state index in [-0.39, 0.29) is 43.2 Å². The first-order chi connectivity index (χ1) is 19.3. The van der Waals surface area contributed by atoms with Gasteiger partial charge in [0.2, 0.25) is 0 Å². The van der Waals surface area contributed by atoms with E-state index in [1.165, 1.54) is 24.5 Å². The zero-order valence-corrected chi connectivity index (χ0v) is 23.3. The summed E-state index contributed by atoms with van der Waals surface area (Å²) < 4.78 is 17.3. The van der Waals surface area contributed by atoms with Crippen molar-refractivity contribution in [2.24, 2.45) is 0 Å². The highest BCUT2D eigenvalue weighted by atomic mass is 32.1. The number of aromatic nitrogens is 1. The van der Waals surface area contributed by atoms with Crippen molar-refractivity contribution >= 4 is 29.1 Å². The molecule has 3 aromatic rings. The molecule has 12 heteroatoms. The van der Waals surface area contributed by atoms with Crippen molar-refractivity contribution in [2.75, 3.05) is 40.9 Å². The molecule has 4 bridgehead atoms. The van der Waals surface area contributed by atoms with Crippen molar-refractivity contribution < 1.29 is 28.6 Å². The third-order valence-corrected chi connectivity index (χ3v) is 7.41. The minimum absolute atomic E-state index is 0.208. The van der Waals surface area contributed by atoms with E-state index in [4.69, 9.17) is 14.2 Å². The van der Waals surface area contributed by atoms with Crippen LogP contribution in [0.2, 0.25) is 0 Å². The summed E-state index contributed by atoms with van der Waals surface area (Å²) >= 11 is 1.44. The van der Waals surface area contributed by atoms with Crippen LogP contribution in [0.25, 0.3) is 0 Å². The maximum atomic E-state index is 13.4. The van der Waals surface area contributed by atoms with Crippen LogP contribution in [0.15, 0.2) is 47.8 Å². The molecule has 3 aliphatic heterocycles. The predicted octanol–water partition coefficient (Wildman–Crippen LogP) is 1.92. The zero-order chi connectivity index (χ0) is 28.2. The lowest BCUT2D eigenvalue weighted by Gasteiger charge is -2.21. The van der Waals surface area contributed by atoms with Crippen LogP contribution in [0.5, 0.6) is 17.2 Å². The molecule has 1 saturated heterocycles. The van der Waals surface area contributed by atoms with Crippen molar-refractivity contribution in [3.63, 3.8) is 0 Å². The highest BCUT2D eigenvalue weighted by Gasteiger charge is 2.39. The molecule has 6 rings (SSSR count). The van der Waals surface area contributed by atoms with Crippen molar-refractivity contribution in [2.45, 2.75) is 25.2 Å². The molecule has 2 N–H and O–H groups in total. The number of carbonyl (C=O) groups is 3. The maximum absolute atomic E-state index is 13.4. The molecule has 0 spiro atoms. The van der Waals surface area contributed by atoms with Gasteiger partial charge in [-0.15, -0.1) is 11.3 Å². The first kappa shape index (κ1) is 27.4. The molecule has 40 heavy (non-hydrogen) atoms. The molecule has 2 atom stereocenters. The number of nitrogens with zero attached hydrogens (tertiary/aromatic N) is 3. The van der Waals surface area contributed by atoms with Gasteiger partial charge in [-0.05, 0) is 50.0 Å². The summed E-state index contributed by atoms with van der Waals surface area (Å²) in [5, 5.41) is 8.46. The van der Waals surface area contributed by atoms with E-state index in [0.717, 1.165) is 10.6 Å². The lowest BCUT2D eigenvalue weighted by molar-refractivity contribution is -0.123. The third-order valence-electron chi connectivity index (χ3n) is 6.58. The van der Waals surface area contributed by atoms with Gasteiger partial charge in [0.15, 0.2) is 18.1 Å². The maximum Gasteiger partial charge on any atom is 0.273 e. The van der Waals surface area contributed by atoms with Gasteiger partial charge in [-0.2, -0.15) is 0 Å². The second-order valence-corrected chi connectivity index (χ2v) is 10.8. The Morgan fingerprint density at radius 2 is 1.98 bits per heavy atom. The number of nitrogens with one attached hydrogen (secondary N) is 2. The van der Waals surface area contributed by atoms with Gasteiger partial charge in [-0.1, -0.05) is 12.1 Å². The third kappa shape index (κ3) is 6.35. The van der Waals surface area contributed by atoms with Crippen molar-refractivity contribution in [1.82, 2.24) is 25.4 Å². The monoisotopic (exact) mass is 565 g/mol. The summed E-state index contributed by atoms with van der Waals surface area (Å²) in [7, 11) is 5.38. The van der Waals surface area contributed by atoms with E-state index in [9.17, 15) is 14.4 Å². The quantitative estimate of drug-likeness (QED) is 0.492. The molecule has 3 amide bonds. The summed E-state index contributed by atoms with van der Waals surface area (Å²) in [4.78, 5) is 47.2. The van der Waals surface area contributed by atoms with Crippen LogP contribution in [-0.2, 0) is 17.9 Å². The number of likely N-dealkylation sites (tertiary alicyclic amines) is 1. The number of benzene rings is 2. The summed E-state index contributed by atoms with van der Waals surface area (Å²) in [5.74, 6) is 0.371. The first-order valence-corrected chi connectivity index (χ1v) is 13.7. The van der Waals surface area contributed by atoms with Crippen LogP contribution in [0, 0.1) is 0 Å². The fraction of sp³-hybridized carbons (Fsp3) is 0.357. The molecule has 0 saturated carbocycles. The van der Waals surface area contributed by atoms with Gasteiger partial charge in [0.05, 0.1) is 19.7 Å². The Morgan fingerprint density at radius 1 is 1.18 bits per heavy atom. The van der Waals surface area contributed by atoms with Crippen LogP contribution in [0.1, 0.15) is 31.4 Å². The Morgan fingerprint density at radius 3 is 2.73 bits per heavy atom. The summed E-state index contributed by atoms with van der Waals surface area (Å²) in [6.07, 6.45) is -0.497. The number of hydrogen-bond acceptors (Lipinski definition) is 9. The Bertz CT molecular complexity index is 1390. The smallest absolute Gasteiger partial charge is 0.273 e. The summed E-state index contributed by atoms with van der Waals surface area (Å²) in [5.41, 5.74) is 1.58. The molecule has 11 nitrogen and oxygen atoms in total. The number of fused-ring (bicyclic) bond motifs is 7. The van der Waals surface area contributed by atoms with Crippen LogP contribution < -0.4 is 24.8 Å². The number of carbonyl (C=O) groups excluding carboxylic acids is 3. The van der Waals surface area contributed by atoms with Gasteiger partial charge in [0, 0.05) is 30.6 Å². The Balaban J connectivity index is 1.41. The lowest BCUT2D eigenvalue weighted by Crippen LogP contribution is -2.45. The number of ether oxygens (including phenoxy) is 3. The number of hydrogen-bond donors (Lipinski definition) is 2. The molecule has 4 heterocycles. The minimum Gasteiger partial charge on any atom is -0.493 e. The molecule has 210 valence electrons. The summed E-state index contributed by atoms with van der Waals surface area (Å²) in [6.45, 7) is 1.26. The van der Waals surface area contributed by atoms with Gasteiger partial charge in [-0.25, -0.2) is 4.98 Å². The van der Waals surface area contributed by atoms with E-state index in [1.54, 1.807) is 34.5 Å². The molecule has 0 unspecified atom stereocenters. The topological polar surface area (TPSA) is 122 Å². The highest BCUT2D eigenvalue weighted by Crippen LogP contribution is 2.29. The molecule has 1 aromatic heterocycles. The Labute approximate surface area is 236 Å². The minimum atomic E-state index is -0.497. The lowest BCUT2D eigenvalue weighted by atomic mass is 10.1. The van der Waals surface area contributed by atoms with Crippen molar-refractivity contribution in [3.05, 3.63) is 69.7 Å². The molecule has 0 radical (unpaired) electrons. The normalized spacial score (nSPS) is 19.2. The van der Waals surface area contributed by atoms with E-state index in [1.807, 2.05) is 31.1 Å². The van der Waals surface area contributed by atoms with Gasteiger partial charge >= 0.3 is 0 Å². The molecular formula is C28H31N5O6S. The molecule has 2 aromatic carbocycles. The second-order valence-electron chi connectivity index (χ2n) is 9.89. The van der Waals surface area contributed by atoms with Gasteiger partial charge in [0.25, 0.3) is 17.7 Å². The van der Waals surface area contributed by atoms with Crippen molar-refractivity contribution in [3.8, 4) is 17.2 Å². The second kappa shape index (κ2) is 11.9. The number of thiazole rings is 1. The molecule has 3 aliphatic rings. The molecular weight excluding hydrogens is 534 g/mol. The largest absolute Gasteiger partial charge is 0.493 e. The van der Waals surface area contributed by atoms with E-state index in [2.05, 4.69) is 15.6 Å². The van der Waals surface area contributed by atoms with Crippen LogP contribution in [0.4, 0.5) is 0 Å². The highest BCUT2D eigenvalue weighted by molar-refractivity contribution is 7.09.